The summed E-state index contributed by atoms with van der Waals surface area (Å²) < 4.78 is 0. The third-order valence-electron chi connectivity index (χ3n) is 3.03. The van der Waals surface area contributed by atoms with Gasteiger partial charge < -0.3 is 11.1 Å². The predicted octanol–water partition coefficient (Wildman–Crippen LogP) is 1.99. The van der Waals surface area contributed by atoms with E-state index in [-0.39, 0.29) is 0 Å². The minimum absolute atomic E-state index is 0.547. The van der Waals surface area contributed by atoms with Crippen LogP contribution in [-0.2, 0) is 0 Å². The van der Waals surface area contributed by atoms with E-state index in [1.807, 2.05) is 11.8 Å². The van der Waals surface area contributed by atoms with E-state index >= 15 is 0 Å². The van der Waals surface area contributed by atoms with Crippen molar-refractivity contribution in [2.45, 2.75) is 50.6 Å². The molecule has 1 atom stereocenters. The fourth-order valence-corrected chi connectivity index (χ4v) is 2.65. The van der Waals surface area contributed by atoms with E-state index in [0.29, 0.717) is 6.04 Å². The summed E-state index contributed by atoms with van der Waals surface area (Å²) in [7, 11) is 0. The second-order valence-electron chi connectivity index (χ2n) is 4.22. The van der Waals surface area contributed by atoms with E-state index in [4.69, 9.17) is 5.73 Å². The molecule has 0 aromatic rings. The molecule has 1 unspecified atom stereocenters. The predicted molar refractivity (Wildman–Crippen MR) is 65.9 cm³/mol. The molecule has 1 fully saturated rings. The van der Waals surface area contributed by atoms with Crippen LogP contribution in [0.4, 0.5) is 0 Å². The summed E-state index contributed by atoms with van der Waals surface area (Å²) in [5, 5.41) is 3.70. The molecule has 3 N–H and O–H groups in total. The van der Waals surface area contributed by atoms with Gasteiger partial charge in [-0.2, -0.15) is 11.8 Å². The first-order valence-electron chi connectivity index (χ1n) is 5.82. The van der Waals surface area contributed by atoms with Crippen LogP contribution in [0.5, 0.6) is 0 Å². The van der Waals surface area contributed by atoms with Gasteiger partial charge in [-0.1, -0.05) is 19.3 Å². The van der Waals surface area contributed by atoms with Gasteiger partial charge >= 0.3 is 0 Å². The molecule has 2 nitrogen and oxygen atoms in total. The van der Waals surface area contributed by atoms with Crippen LogP contribution in [0.1, 0.15) is 38.5 Å². The molecule has 0 amide bonds. The summed E-state index contributed by atoms with van der Waals surface area (Å²) in [5.41, 5.74) is 5.76. The quantitative estimate of drug-likeness (QED) is 0.713. The average Bonchev–Trinajstić information content (AvgIpc) is 2.25. The second kappa shape index (κ2) is 7.55. The van der Waals surface area contributed by atoms with Crippen LogP contribution in [0, 0.1) is 0 Å². The van der Waals surface area contributed by atoms with Crippen molar-refractivity contribution >= 4 is 11.8 Å². The van der Waals surface area contributed by atoms with Gasteiger partial charge in [0, 0.05) is 18.6 Å². The van der Waals surface area contributed by atoms with Crippen molar-refractivity contribution in [1.29, 1.82) is 0 Å². The van der Waals surface area contributed by atoms with Crippen molar-refractivity contribution in [2.75, 3.05) is 18.6 Å². The van der Waals surface area contributed by atoms with E-state index in [1.165, 1.54) is 44.3 Å². The zero-order valence-electron chi connectivity index (χ0n) is 9.30. The number of nitrogens with one attached hydrogen (secondary N) is 1. The summed E-state index contributed by atoms with van der Waals surface area (Å²) >= 11 is 1.91. The molecule has 14 heavy (non-hydrogen) atoms. The lowest BCUT2D eigenvalue weighted by molar-refractivity contribution is 0.334. The maximum absolute atomic E-state index is 5.76. The molecule has 0 radical (unpaired) electrons. The average molecular weight is 216 g/mol. The van der Waals surface area contributed by atoms with Crippen molar-refractivity contribution in [3.8, 4) is 0 Å². The van der Waals surface area contributed by atoms with Crippen molar-refractivity contribution in [1.82, 2.24) is 5.32 Å². The van der Waals surface area contributed by atoms with Crippen LogP contribution >= 0.6 is 11.8 Å². The molecule has 3 heteroatoms. The SMILES string of the molecule is CSCCC(CN)NC1CCCCC1. The number of thioether (sulfide) groups is 1. The molecule has 0 spiro atoms. The molecule has 84 valence electrons. The van der Waals surface area contributed by atoms with E-state index in [1.54, 1.807) is 0 Å². The van der Waals surface area contributed by atoms with Gasteiger partial charge in [-0.25, -0.2) is 0 Å². The van der Waals surface area contributed by atoms with Crippen LogP contribution in [0.15, 0.2) is 0 Å². The first-order valence-corrected chi connectivity index (χ1v) is 7.21. The Bertz CT molecular complexity index is 135. The molecule has 0 aromatic heterocycles. The molecule has 0 heterocycles. The Kier molecular flexibility index (Phi) is 6.65. The number of hydrogen-bond donors (Lipinski definition) is 2. The van der Waals surface area contributed by atoms with Crippen molar-refractivity contribution in [2.24, 2.45) is 5.73 Å². The Balaban J connectivity index is 2.16. The maximum atomic E-state index is 5.76. The Morgan fingerprint density at radius 3 is 2.64 bits per heavy atom. The normalized spacial score (nSPS) is 21.0. The van der Waals surface area contributed by atoms with E-state index in [9.17, 15) is 0 Å². The second-order valence-corrected chi connectivity index (χ2v) is 5.20. The highest BCUT2D eigenvalue weighted by Crippen LogP contribution is 2.18. The van der Waals surface area contributed by atoms with Crippen molar-refractivity contribution in [3.63, 3.8) is 0 Å². The summed E-state index contributed by atoms with van der Waals surface area (Å²) in [6.07, 6.45) is 10.3. The molecule has 0 aromatic carbocycles. The van der Waals surface area contributed by atoms with Gasteiger partial charge in [0.2, 0.25) is 0 Å². The minimum atomic E-state index is 0.547. The van der Waals surface area contributed by atoms with Crippen molar-refractivity contribution < 1.29 is 0 Å². The molecule has 0 bridgehead atoms. The smallest absolute Gasteiger partial charge is 0.0200 e. The van der Waals surface area contributed by atoms with Crippen molar-refractivity contribution in [3.05, 3.63) is 0 Å². The third-order valence-corrected chi connectivity index (χ3v) is 3.68. The molecular weight excluding hydrogens is 192 g/mol. The topological polar surface area (TPSA) is 38.0 Å². The zero-order valence-corrected chi connectivity index (χ0v) is 10.1. The molecule has 0 aliphatic heterocycles. The molecular formula is C11H24N2S. The lowest BCUT2D eigenvalue weighted by Gasteiger charge is -2.27. The van der Waals surface area contributed by atoms with E-state index < -0.39 is 0 Å². The first kappa shape index (κ1) is 12.3. The third kappa shape index (κ3) is 4.67. The van der Waals surface area contributed by atoms with Gasteiger partial charge in [-0.3, -0.25) is 0 Å². The Labute approximate surface area is 92.4 Å². The monoisotopic (exact) mass is 216 g/mol. The highest BCUT2D eigenvalue weighted by Gasteiger charge is 2.16. The van der Waals surface area contributed by atoms with Crippen LogP contribution in [0.3, 0.4) is 0 Å². The summed E-state index contributed by atoms with van der Waals surface area (Å²) in [4.78, 5) is 0. The van der Waals surface area contributed by atoms with Gasteiger partial charge in [0.1, 0.15) is 0 Å². The Morgan fingerprint density at radius 2 is 2.07 bits per heavy atom. The maximum Gasteiger partial charge on any atom is 0.0200 e. The first-order chi connectivity index (χ1) is 6.86. The van der Waals surface area contributed by atoms with E-state index in [0.717, 1.165) is 12.6 Å². The number of hydrogen-bond acceptors (Lipinski definition) is 3. The van der Waals surface area contributed by atoms with Crippen LogP contribution in [-0.4, -0.2) is 30.6 Å². The fraction of sp³-hybridized carbons (Fsp3) is 1.00. The Morgan fingerprint density at radius 1 is 1.36 bits per heavy atom. The standard InChI is InChI=1S/C11H24N2S/c1-14-8-7-11(9-12)13-10-5-3-2-4-6-10/h10-11,13H,2-9,12H2,1H3. The largest absolute Gasteiger partial charge is 0.329 e. The van der Waals surface area contributed by atoms with Crippen LogP contribution < -0.4 is 11.1 Å². The van der Waals surface area contributed by atoms with E-state index in [2.05, 4.69) is 11.6 Å². The molecule has 1 rings (SSSR count). The number of rotatable bonds is 6. The highest BCUT2D eigenvalue weighted by atomic mass is 32.2. The summed E-state index contributed by atoms with van der Waals surface area (Å²) in [6.45, 7) is 0.789. The molecule has 1 aliphatic rings. The van der Waals surface area contributed by atoms with Gasteiger partial charge in [0.25, 0.3) is 0 Å². The van der Waals surface area contributed by atoms with Crippen LogP contribution in [0.25, 0.3) is 0 Å². The number of nitrogens with two attached hydrogens (primary N) is 1. The summed E-state index contributed by atoms with van der Waals surface area (Å²) in [6, 6.07) is 1.30. The molecule has 1 aliphatic carbocycles. The lowest BCUT2D eigenvalue weighted by Crippen LogP contribution is -2.43. The van der Waals surface area contributed by atoms with Gasteiger partial charge in [0.05, 0.1) is 0 Å². The molecule has 0 saturated heterocycles. The zero-order chi connectivity index (χ0) is 10.2. The summed E-state index contributed by atoms with van der Waals surface area (Å²) in [5.74, 6) is 1.22. The van der Waals surface area contributed by atoms with Gasteiger partial charge in [0.15, 0.2) is 0 Å². The lowest BCUT2D eigenvalue weighted by atomic mass is 9.94. The van der Waals surface area contributed by atoms with Crippen LogP contribution in [0.2, 0.25) is 0 Å². The molecule has 1 saturated carbocycles. The van der Waals surface area contributed by atoms with Gasteiger partial charge in [-0.15, -0.1) is 0 Å². The Hall–Kier alpha value is 0.270. The minimum Gasteiger partial charge on any atom is -0.329 e. The fourth-order valence-electron chi connectivity index (χ4n) is 2.13. The van der Waals surface area contributed by atoms with Gasteiger partial charge in [-0.05, 0) is 31.3 Å². The highest BCUT2D eigenvalue weighted by molar-refractivity contribution is 7.98.